The van der Waals surface area contributed by atoms with Crippen LogP contribution in [0.5, 0.6) is 0 Å². The van der Waals surface area contributed by atoms with Gasteiger partial charge in [0.05, 0.1) is 0 Å². The smallest absolute Gasteiger partial charge is 0.373 e. The second-order valence-electron chi connectivity index (χ2n) is 5.32. The van der Waals surface area contributed by atoms with Gasteiger partial charge in [0.2, 0.25) is 5.82 Å². The van der Waals surface area contributed by atoms with Crippen LogP contribution in [-0.2, 0) is 6.18 Å². The Hall–Kier alpha value is -1.53. The Morgan fingerprint density at radius 1 is 1.20 bits per heavy atom. The molecule has 4 nitrogen and oxygen atoms in total. The van der Waals surface area contributed by atoms with E-state index in [1.165, 1.54) is 19.5 Å². The molecular weight excluding hydrogens is 269 g/mol. The van der Waals surface area contributed by atoms with Crippen LogP contribution in [0.25, 0.3) is 0 Å². The molecule has 7 heteroatoms. The second kappa shape index (κ2) is 5.85. The van der Waals surface area contributed by atoms with Gasteiger partial charge in [-0.05, 0) is 18.8 Å². The predicted molar refractivity (Wildman–Crippen MR) is 71.6 cm³/mol. The van der Waals surface area contributed by atoms with Crippen molar-refractivity contribution in [2.45, 2.75) is 44.8 Å². The lowest BCUT2D eigenvalue weighted by atomic mass is 9.87. The molecule has 1 fully saturated rings. The molecule has 0 radical (unpaired) electrons. The van der Waals surface area contributed by atoms with Gasteiger partial charge in [0, 0.05) is 19.2 Å². The fourth-order valence-electron chi connectivity index (χ4n) is 2.55. The largest absolute Gasteiger partial charge is 0.451 e. The number of aromatic nitrogens is 2. The Balaban J connectivity index is 2.18. The van der Waals surface area contributed by atoms with Crippen LogP contribution in [0.2, 0.25) is 0 Å². The number of nitrogens with zero attached hydrogens (tertiary/aromatic N) is 2. The van der Waals surface area contributed by atoms with Crippen molar-refractivity contribution in [2.24, 2.45) is 5.92 Å². The molecule has 20 heavy (non-hydrogen) atoms. The quantitative estimate of drug-likeness (QED) is 0.893. The van der Waals surface area contributed by atoms with Crippen molar-refractivity contribution in [3.8, 4) is 0 Å². The number of halogens is 3. The highest BCUT2D eigenvalue weighted by Gasteiger charge is 2.35. The van der Waals surface area contributed by atoms with Gasteiger partial charge in [0.1, 0.15) is 11.6 Å². The Morgan fingerprint density at radius 2 is 1.90 bits per heavy atom. The minimum atomic E-state index is -4.54. The summed E-state index contributed by atoms with van der Waals surface area (Å²) < 4.78 is 38.2. The summed E-state index contributed by atoms with van der Waals surface area (Å²) in [7, 11) is 1.54. The van der Waals surface area contributed by atoms with Gasteiger partial charge in [0.25, 0.3) is 0 Å². The lowest BCUT2D eigenvalue weighted by molar-refractivity contribution is -0.144. The lowest BCUT2D eigenvalue weighted by Crippen LogP contribution is -2.27. The molecule has 2 N–H and O–H groups in total. The minimum absolute atomic E-state index is 0.165. The topological polar surface area (TPSA) is 49.8 Å². The summed E-state index contributed by atoms with van der Waals surface area (Å²) >= 11 is 0. The zero-order valence-electron chi connectivity index (χ0n) is 11.6. The third-order valence-electron chi connectivity index (χ3n) is 3.52. The molecular formula is C13H19F3N4. The number of nitrogens with one attached hydrogen (secondary N) is 2. The summed E-state index contributed by atoms with van der Waals surface area (Å²) in [6, 6.07) is 1.69. The summed E-state index contributed by atoms with van der Waals surface area (Å²) in [5.41, 5.74) is 0. The van der Waals surface area contributed by atoms with Crippen molar-refractivity contribution in [1.29, 1.82) is 0 Å². The molecule has 0 aromatic carbocycles. The first-order valence-corrected chi connectivity index (χ1v) is 6.79. The van der Waals surface area contributed by atoms with Gasteiger partial charge >= 0.3 is 6.18 Å². The van der Waals surface area contributed by atoms with E-state index in [1.807, 2.05) is 0 Å². The summed E-state index contributed by atoms with van der Waals surface area (Å²) in [5, 5.41) is 5.74. The van der Waals surface area contributed by atoms with Crippen LogP contribution in [0, 0.1) is 5.92 Å². The summed E-state index contributed by atoms with van der Waals surface area (Å²) in [5.74, 6) is -0.126. The molecule has 2 rings (SSSR count). The van der Waals surface area contributed by atoms with Crippen LogP contribution in [-0.4, -0.2) is 23.1 Å². The normalized spacial score (nSPS) is 23.4. The van der Waals surface area contributed by atoms with E-state index in [4.69, 9.17) is 0 Å². The molecule has 0 spiro atoms. The number of rotatable bonds is 3. The van der Waals surface area contributed by atoms with Crippen molar-refractivity contribution in [2.75, 3.05) is 17.7 Å². The van der Waals surface area contributed by atoms with E-state index in [0.29, 0.717) is 5.92 Å². The molecule has 1 aliphatic rings. The fraction of sp³-hybridized carbons (Fsp3) is 0.692. The Labute approximate surface area is 116 Å². The fourth-order valence-corrected chi connectivity index (χ4v) is 2.55. The highest BCUT2D eigenvalue weighted by atomic mass is 19.4. The average molecular weight is 288 g/mol. The summed E-state index contributed by atoms with van der Waals surface area (Å²) in [6.45, 7) is 2.16. The van der Waals surface area contributed by atoms with Gasteiger partial charge in [-0.2, -0.15) is 13.2 Å². The van der Waals surface area contributed by atoms with Crippen LogP contribution in [0.4, 0.5) is 24.8 Å². The van der Waals surface area contributed by atoms with Gasteiger partial charge in [-0.15, -0.1) is 0 Å². The molecule has 2 unspecified atom stereocenters. The average Bonchev–Trinajstić information content (AvgIpc) is 2.37. The number of alkyl halides is 3. The van der Waals surface area contributed by atoms with Crippen molar-refractivity contribution < 1.29 is 13.2 Å². The Morgan fingerprint density at radius 3 is 2.50 bits per heavy atom. The van der Waals surface area contributed by atoms with E-state index in [9.17, 15) is 13.2 Å². The van der Waals surface area contributed by atoms with Crippen LogP contribution in [0.15, 0.2) is 6.07 Å². The van der Waals surface area contributed by atoms with Crippen LogP contribution < -0.4 is 10.6 Å². The molecule has 1 saturated carbocycles. The first-order valence-electron chi connectivity index (χ1n) is 6.79. The number of hydrogen-bond acceptors (Lipinski definition) is 4. The highest BCUT2D eigenvalue weighted by molar-refractivity contribution is 5.48. The highest BCUT2D eigenvalue weighted by Crippen LogP contribution is 2.30. The zero-order valence-corrected chi connectivity index (χ0v) is 11.6. The summed E-state index contributed by atoms with van der Waals surface area (Å²) in [4.78, 5) is 7.03. The minimum Gasteiger partial charge on any atom is -0.373 e. The molecule has 2 atom stereocenters. The lowest BCUT2D eigenvalue weighted by Gasteiger charge is -2.28. The van der Waals surface area contributed by atoms with Crippen molar-refractivity contribution in [1.82, 2.24) is 9.97 Å². The van der Waals surface area contributed by atoms with E-state index in [-0.39, 0.29) is 17.7 Å². The van der Waals surface area contributed by atoms with Gasteiger partial charge in [-0.25, -0.2) is 9.97 Å². The number of anilines is 2. The second-order valence-corrected chi connectivity index (χ2v) is 5.32. The van der Waals surface area contributed by atoms with Crippen LogP contribution in [0.3, 0.4) is 0 Å². The van der Waals surface area contributed by atoms with E-state index in [0.717, 1.165) is 19.3 Å². The van der Waals surface area contributed by atoms with Crippen molar-refractivity contribution in [3.63, 3.8) is 0 Å². The maximum atomic E-state index is 12.7. The number of hydrogen-bond donors (Lipinski definition) is 2. The first-order chi connectivity index (χ1) is 9.38. The van der Waals surface area contributed by atoms with Crippen molar-refractivity contribution >= 4 is 11.6 Å². The van der Waals surface area contributed by atoms with Gasteiger partial charge in [-0.3, -0.25) is 0 Å². The third-order valence-corrected chi connectivity index (χ3v) is 3.52. The van der Waals surface area contributed by atoms with Gasteiger partial charge in [-0.1, -0.05) is 19.8 Å². The SMILES string of the molecule is CNc1cc(NC2CCCC(C)C2)nc(C(F)(F)F)n1. The van der Waals surface area contributed by atoms with E-state index >= 15 is 0 Å². The first kappa shape index (κ1) is 14.9. The van der Waals surface area contributed by atoms with Gasteiger partial charge in [0.15, 0.2) is 0 Å². The van der Waals surface area contributed by atoms with Crippen LogP contribution >= 0.6 is 0 Å². The maximum absolute atomic E-state index is 12.7. The standard InChI is InChI=1S/C13H19F3N4/c1-8-4-3-5-9(6-8)18-11-7-10(17-2)19-12(20-11)13(14,15)16/h7-9H,3-6H2,1-2H3,(H2,17,18,19,20). The van der Waals surface area contributed by atoms with E-state index < -0.39 is 12.0 Å². The maximum Gasteiger partial charge on any atom is 0.451 e. The molecule has 1 heterocycles. The molecule has 0 bridgehead atoms. The predicted octanol–water partition coefficient (Wildman–Crippen LogP) is 3.53. The Bertz CT molecular complexity index is 461. The molecule has 0 aliphatic heterocycles. The monoisotopic (exact) mass is 288 g/mol. The molecule has 1 aromatic heterocycles. The molecule has 0 saturated heterocycles. The molecule has 112 valence electrons. The molecule has 0 amide bonds. The van der Waals surface area contributed by atoms with E-state index in [2.05, 4.69) is 27.5 Å². The van der Waals surface area contributed by atoms with Gasteiger partial charge < -0.3 is 10.6 Å². The van der Waals surface area contributed by atoms with E-state index in [1.54, 1.807) is 0 Å². The summed E-state index contributed by atoms with van der Waals surface area (Å²) in [6.07, 6.45) is -0.347. The molecule has 1 aromatic rings. The zero-order chi connectivity index (χ0) is 14.8. The van der Waals surface area contributed by atoms with Crippen molar-refractivity contribution in [3.05, 3.63) is 11.9 Å². The molecule has 1 aliphatic carbocycles. The third kappa shape index (κ3) is 3.74. The Kier molecular flexibility index (Phi) is 4.35. The van der Waals surface area contributed by atoms with Crippen LogP contribution in [0.1, 0.15) is 38.4 Å².